The minimum atomic E-state index is -0.279. The van der Waals surface area contributed by atoms with Crippen molar-refractivity contribution in [3.63, 3.8) is 0 Å². The van der Waals surface area contributed by atoms with E-state index in [-0.39, 0.29) is 5.82 Å². The first kappa shape index (κ1) is 11.3. The Bertz CT molecular complexity index is 537. The number of rotatable bonds is 3. The second-order valence-corrected chi connectivity index (χ2v) is 3.48. The van der Waals surface area contributed by atoms with Crippen LogP contribution < -0.4 is 4.74 Å². The highest BCUT2D eigenvalue weighted by Crippen LogP contribution is 2.19. The van der Waals surface area contributed by atoms with Gasteiger partial charge >= 0.3 is 0 Å². The van der Waals surface area contributed by atoms with Crippen LogP contribution in [0.15, 0.2) is 53.5 Å². The summed E-state index contributed by atoms with van der Waals surface area (Å²) in [4.78, 5) is 4.20. The third kappa shape index (κ3) is 2.91. The molecule has 0 bridgehead atoms. The SMILES string of the molecule is COc1cccc(/N=C/c2ccccc2F)c1. The monoisotopic (exact) mass is 229 g/mol. The molecule has 0 N–H and O–H groups in total. The topological polar surface area (TPSA) is 21.6 Å². The molecular formula is C14H12FNO. The Morgan fingerprint density at radius 3 is 2.71 bits per heavy atom. The van der Waals surface area contributed by atoms with Gasteiger partial charge in [0.25, 0.3) is 0 Å². The molecule has 0 heterocycles. The molecule has 2 nitrogen and oxygen atoms in total. The highest BCUT2D eigenvalue weighted by atomic mass is 19.1. The summed E-state index contributed by atoms with van der Waals surface area (Å²) in [5.74, 6) is 0.451. The van der Waals surface area contributed by atoms with Gasteiger partial charge in [0, 0.05) is 17.8 Å². The molecular weight excluding hydrogens is 217 g/mol. The second-order valence-electron chi connectivity index (χ2n) is 3.48. The largest absolute Gasteiger partial charge is 0.497 e. The molecule has 0 amide bonds. The molecule has 2 aromatic carbocycles. The summed E-state index contributed by atoms with van der Waals surface area (Å²) < 4.78 is 18.4. The molecule has 2 aromatic rings. The summed E-state index contributed by atoms with van der Waals surface area (Å²) in [5, 5.41) is 0. The molecule has 0 fully saturated rings. The van der Waals surface area contributed by atoms with E-state index in [2.05, 4.69) is 4.99 Å². The van der Waals surface area contributed by atoms with E-state index in [9.17, 15) is 4.39 Å². The lowest BCUT2D eigenvalue weighted by atomic mass is 10.2. The standard InChI is InChI=1S/C14H12FNO/c1-17-13-7-4-6-12(9-13)16-10-11-5-2-3-8-14(11)15/h2-10H,1H3/b16-10+. The van der Waals surface area contributed by atoms with E-state index >= 15 is 0 Å². The smallest absolute Gasteiger partial charge is 0.131 e. The van der Waals surface area contributed by atoms with Gasteiger partial charge in [-0.05, 0) is 18.2 Å². The fourth-order valence-corrected chi connectivity index (χ4v) is 1.41. The number of halogens is 1. The number of benzene rings is 2. The molecule has 0 aliphatic heterocycles. The van der Waals surface area contributed by atoms with Gasteiger partial charge in [-0.2, -0.15) is 0 Å². The van der Waals surface area contributed by atoms with Crippen LogP contribution in [0.2, 0.25) is 0 Å². The normalized spacial score (nSPS) is 10.7. The van der Waals surface area contributed by atoms with Crippen LogP contribution in [0.3, 0.4) is 0 Å². The number of hydrogen-bond donors (Lipinski definition) is 0. The van der Waals surface area contributed by atoms with Crippen LogP contribution in [0.5, 0.6) is 5.75 Å². The zero-order valence-electron chi connectivity index (χ0n) is 9.43. The van der Waals surface area contributed by atoms with E-state index in [1.165, 1.54) is 12.3 Å². The van der Waals surface area contributed by atoms with Gasteiger partial charge < -0.3 is 4.74 Å². The van der Waals surface area contributed by atoms with E-state index in [0.29, 0.717) is 5.56 Å². The third-order valence-electron chi connectivity index (χ3n) is 2.31. The van der Waals surface area contributed by atoms with Crippen molar-refractivity contribution in [2.45, 2.75) is 0 Å². The Labute approximate surface area is 99.4 Å². The van der Waals surface area contributed by atoms with E-state index in [4.69, 9.17) is 4.74 Å². The molecule has 3 heteroatoms. The summed E-state index contributed by atoms with van der Waals surface area (Å²) in [6.07, 6.45) is 1.50. The lowest BCUT2D eigenvalue weighted by molar-refractivity contribution is 0.415. The maximum Gasteiger partial charge on any atom is 0.131 e. The van der Waals surface area contributed by atoms with Crippen LogP contribution in [-0.4, -0.2) is 13.3 Å². The molecule has 0 aliphatic carbocycles. The van der Waals surface area contributed by atoms with Gasteiger partial charge in [-0.3, -0.25) is 4.99 Å². The quantitative estimate of drug-likeness (QED) is 0.737. The molecule has 0 spiro atoms. The van der Waals surface area contributed by atoms with Gasteiger partial charge in [0.1, 0.15) is 11.6 Å². The van der Waals surface area contributed by atoms with E-state index < -0.39 is 0 Å². The molecule has 0 unspecified atom stereocenters. The van der Waals surface area contributed by atoms with Crippen molar-refractivity contribution >= 4 is 11.9 Å². The fourth-order valence-electron chi connectivity index (χ4n) is 1.41. The molecule has 0 radical (unpaired) electrons. The van der Waals surface area contributed by atoms with Crippen molar-refractivity contribution in [3.8, 4) is 5.75 Å². The van der Waals surface area contributed by atoms with Crippen molar-refractivity contribution in [2.75, 3.05) is 7.11 Å². The zero-order chi connectivity index (χ0) is 12.1. The van der Waals surface area contributed by atoms with Gasteiger partial charge in [-0.1, -0.05) is 24.3 Å². The molecule has 0 saturated carbocycles. The molecule has 86 valence electrons. The summed E-state index contributed by atoms with van der Waals surface area (Å²) in [5.41, 5.74) is 1.20. The molecule has 0 aromatic heterocycles. The number of hydrogen-bond acceptors (Lipinski definition) is 2. The molecule has 17 heavy (non-hydrogen) atoms. The van der Waals surface area contributed by atoms with Gasteiger partial charge in [-0.25, -0.2) is 4.39 Å². The molecule has 0 atom stereocenters. The van der Waals surface area contributed by atoms with Crippen LogP contribution in [0.4, 0.5) is 10.1 Å². The predicted molar refractivity (Wildman–Crippen MR) is 66.6 cm³/mol. The second kappa shape index (κ2) is 5.25. The lowest BCUT2D eigenvalue weighted by Crippen LogP contribution is -1.86. The Morgan fingerprint density at radius 1 is 1.12 bits per heavy atom. The minimum absolute atomic E-state index is 0.279. The number of ether oxygens (including phenoxy) is 1. The lowest BCUT2D eigenvalue weighted by Gasteiger charge is -2.00. The minimum Gasteiger partial charge on any atom is -0.497 e. The highest BCUT2D eigenvalue weighted by molar-refractivity contribution is 5.82. The summed E-state index contributed by atoms with van der Waals surface area (Å²) in [7, 11) is 1.60. The Morgan fingerprint density at radius 2 is 1.94 bits per heavy atom. The zero-order valence-corrected chi connectivity index (χ0v) is 9.43. The van der Waals surface area contributed by atoms with Gasteiger partial charge in [0.2, 0.25) is 0 Å². The van der Waals surface area contributed by atoms with Crippen molar-refractivity contribution in [2.24, 2.45) is 4.99 Å². The van der Waals surface area contributed by atoms with E-state index in [1.807, 2.05) is 18.2 Å². The summed E-state index contributed by atoms with van der Waals surface area (Å²) in [6.45, 7) is 0. The predicted octanol–water partition coefficient (Wildman–Crippen LogP) is 3.58. The van der Waals surface area contributed by atoms with Gasteiger partial charge in [-0.15, -0.1) is 0 Å². The van der Waals surface area contributed by atoms with Crippen LogP contribution >= 0.6 is 0 Å². The van der Waals surface area contributed by atoms with Gasteiger partial charge in [0.15, 0.2) is 0 Å². The number of methoxy groups -OCH3 is 1. The van der Waals surface area contributed by atoms with Crippen LogP contribution in [0.1, 0.15) is 5.56 Å². The van der Waals surface area contributed by atoms with Crippen molar-refractivity contribution in [3.05, 3.63) is 59.9 Å². The van der Waals surface area contributed by atoms with E-state index in [1.54, 1.807) is 31.4 Å². The first-order valence-electron chi connectivity index (χ1n) is 5.22. The molecule has 0 aliphatic rings. The Hall–Kier alpha value is -2.16. The van der Waals surface area contributed by atoms with Crippen molar-refractivity contribution < 1.29 is 9.13 Å². The average Bonchev–Trinajstić information content (AvgIpc) is 2.38. The van der Waals surface area contributed by atoms with Crippen molar-refractivity contribution in [1.29, 1.82) is 0 Å². The first-order chi connectivity index (χ1) is 8.29. The number of aliphatic imine (C=N–C) groups is 1. The highest BCUT2D eigenvalue weighted by Gasteiger charge is 1.97. The van der Waals surface area contributed by atoms with E-state index in [0.717, 1.165) is 11.4 Å². The summed E-state index contributed by atoms with van der Waals surface area (Å²) in [6, 6.07) is 13.8. The maximum absolute atomic E-state index is 13.3. The maximum atomic E-state index is 13.3. The molecule has 0 saturated heterocycles. The molecule has 2 rings (SSSR count). The summed E-state index contributed by atoms with van der Waals surface area (Å²) >= 11 is 0. The van der Waals surface area contributed by atoms with Crippen LogP contribution in [0.25, 0.3) is 0 Å². The van der Waals surface area contributed by atoms with Gasteiger partial charge in [0.05, 0.1) is 12.8 Å². The van der Waals surface area contributed by atoms with Crippen molar-refractivity contribution in [1.82, 2.24) is 0 Å². The van der Waals surface area contributed by atoms with Crippen LogP contribution in [-0.2, 0) is 0 Å². The Kier molecular flexibility index (Phi) is 3.50. The first-order valence-corrected chi connectivity index (χ1v) is 5.22. The third-order valence-corrected chi connectivity index (χ3v) is 2.31. The average molecular weight is 229 g/mol. The Balaban J connectivity index is 2.23. The number of nitrogens with zero attached hydrogens (tertiary/aromatic N) is 1. The fraction of sp³-hybridized carbons (Fsp3) is 0.0714. The van der Waals surface area contributed by atoms with Crippen LogP contribution in [0, 0.1) is 5.82 Å².